The van der Waals surface area contributed by atoms with E-state index in [4.69, 9.17) is 5.11 Å². The topological polar surface area (TPSA) is 58.4 Å². The number of hydrogen-bond donors (Lipinski definition) is 1. The van der Waals surface area contributed by atoms with Crippen LogP contribution in [0, 0.1) is 5.92 Å². The van der Waals surface area contributed by atoms with Crippen LogP contribution in [0.3, 0.4) is 0 Å². The van der Waals surface area contributed by atoms with Gasteiger partial charge in [0.05, 0.1) is 12.0 Å². The Morgan fingerprint density at radius 2 is 2.05 bits per heavy atom. The van der Waals surface area contributed by atoms with E-state index in [1.165, 1.54) is 18.5 Å². The quantitative estimate of drug-likeness (QED) is 0.866. The molecule has 5 heteroatoms. The van der Waals surface area contributed by atoms with Crippen molar-refractivity contribution in [3.05, 3.63) is 18.2 Å². The normalized spacial score (nSPS) is 21.2. The van der Waals surface area contributed by atoms with Crippen LogP contribution in [0.15, 0.2) is 12.5 Å². The van der Waals surface area contributed by atoms with Gasteiger partial charge in [0.15, 0.2) is 0 Å². The summed E-state index contributed by atoms with van der Waals surface area (Å²) in [6.07, 6.45) is 9.96. The molecule has 0 bridgehead atoms. The molecule has 0 aromatic carbocycles. The molecule has 1 aliphatic carbocycles. The van der Waals surface area contributed by atoms with Crippen LogP contribution in [0.2, 0.25) is 0 Å². The zero-order valence-electron chi connectivity index (χ0n) is 11.9. The smallest absolute Gasteiger partial charge is 0.303 e. The predicted molar refractivity (Wildman–Crippen MR) is 75.4 cm³/mol. The molecule has 2 aliphatic rings. The van der Waals surface area contributed by atoms with Gasteiger partial charge in [-0.2, -0.15) is 0 Å². The Hall–Kier alpha value is -1.36. The molecule has 1 aliphatic heterocycles. The molecule has 0 atom stereocenters. The van der Waals surface area contributed by atoms with Gasteiger partial charge in [0, 0.05) is 25.2 Å². The van der Waals surface area contributed by atoms with Crippen molar-refractivity contribution in [2.45, 2.75) is 51.1 Å². The summed E-state index contributed by atoms with van der Waals surface area (Å²) in [4.78, 5) is 17.4. The highest BCUT2D eigenvalue weighted by Crippen LogP contribution is 2.36. The van der Waals surface area contributed by atoms with Gasteiger partial charge in [-0.15, -0.1) is 0 Å². The minimum Gasteiger partial charge on any atom is -0.481 e. The minimum absolute atomic E-state index is 0.319. The van der Waals surface area contributed by atoms with E-state index in [-0.39, 0.29) is 0 Å². The Bertz CT molecular complexity index is 459. The molecule has 110 valence electrons. The molecule has 0 spiro atoms. The van der Waals surface area contributed by atoms with Gasteiger partial charge < -0.3 is 9.67 Å². The molecule has 2 heterocycles. The van der Waals surface area contributed by atoms with E-state index < -0.39 is 5.97 Å². The van der Waals surface area contributed by atoms with Crippen LogP contribution in [0.4, 0.5) is 0 Å². The molecule has 0 radical (unpaired) electrons. The summed E-state index contributed by atoms with van der Waals surface area (Å²) in [6, 6.07) is 0.695. The van der Waals surface area contributed by atoms with Gasteiger partial charge in [-0.3, -0.25) is 9.69 Å². The second-order valence-electron chi connectivity index (χ2n) is 6.18. The van der Waals surface area contributed by atoms with Crippen molar-refractivity contribution in [3.63, 3.8) is 0 Å². The molecule has 0 unspecified atom stereocenters. The lowest BCUT2D eigenvalue weighted by atomic mass is 9.92. The van der Waals surface area contributed by atoms with Gasteiger partial charge in [-0.1, -0.05) is 0 Å². The Balaban J connectivity index is 1.46. The number of imidazole rings is 1. The number of rotatable bonds is 6. The highest BCUT2D eigenvalue weighted by Gasteiger charge is 2.26. The highest BCUT2D eigenvalue weighted by molar-refractivity contribution is 5.66. The largest absolute Gasteiger partial charge is 0.481 e. The van der Waals surface area contributed by atoms with Crippen molar-refractivity contribution < 1.29 is 9.90 Å². The summed E-state index contributed by atoms with van der Waals surface area (Å²) in [5, 5.41) is 8.74. The van der Waals surface area contributed by atoms with Gasteiger partial charge >= 0.3 is 5.97 Å². The van der Waals surface area contributed by atoms with Gasteiger partial charge in [-0.25, -0.2) is 4.98 Å². The van der Waals surface area contributed by atoms with Gasteiger partial charge in [0.25, 0.3) is 0 Å². The SMILES string of the molecule is O=C(O)CCC1CCN(Cc2cncn2C2CC2)CC1. The van der Waals surface area contributed by atoms with Crippen LogP contribution in [-0.2, 0) is 11.3 Å². The summed E-state index contributed by atoms with van der Waals surface area (Å²) < 4.78 is 2.33. The Labute approximate surface area is 119 Å². The van der Waals surface area contributed by atoms with Crippen molar-refractivity contribution in [3.8, 4) is 0 Å². The zero-order valence-corrected chi connectivity index (χ0v) is 11.9. The van der Waals surface area contributed by atoms with Crippen molar-refractivity contribution in [2.24, 2.45) is 5.92 Å². The molecule has 0 amide bonds. The molecule has 1 saturated heterocycles. The second kappa shape index (κ2) is 5.95. The zero-order chi connectivity index (χ0) is 13.9. The molecule has 5 nitrogen and oxygen atoms in total. The third kappa shape index (κ3) is 3.39. The lowest BCUT2D eigenvalue weighted by molar-refractivity contribution is -0.137. The minimum atomic E-state index is -0.666. The standard InChI is InChI=1S/C15H23N3O2/c19-15(20)4-1-12-5-7-17(8-6-12)10-14-9-16-11-18(14)13-2-3-13/h9,11-13H,1-8,10H2,(H,19,20). The Morgan fingerprint density at radius 3 is 2.70 bits per heavy atom. The van der Waals surface area contributed by atoms with Gasteiger partial charge in [0.2, 0.25) is 0 Å². The summed E-state index contributed by atoms with van der Waals surface area (Å²) in [5.74, 6) is -0.0727. The fraction of sp³-hybridized carbons (Fsp3) is 0.733. The van der Waals surface area contributed by atoms with E-state index in [0.717, 1.165) is 38.9 Å². The molecule has 1 saturated carbocycles. The maximum atomic E-state index is 10.6. The molecular formula is C15H23N3O2. The number of nitrogens with zero attached hydrogens (tertiary/aromatic N) is 3. The average molecular weight is 277 g/mol. The lowest BCUT2D eigenvalue weighted by Gasteiger charge is -2.31. The summed E-state index contributed by atoms with van der Waals surface area (Å²) >= 11 is 0. The number of piperidine rings is 1. The number of carbonyl (C=O) groups is 1. The maximum Gasteiger partial charge on any atom is 0.303 e. The van der Waals surface area contributed by atoms with Crippen LogP contribution < -0.4 is 0 Å². The molecular weight excluding hydrogens is 254 g/mol. The van der Waals surface area contributed by atoms with Crippen LogP contribution in [0.1, 0.15) is 50.3 Å². The van der Waals surface area contributed by atoms with Crippen molar-refractivity contribution in [1.82, 2.24) is 14.5 Å². The van der Waals surface area contributed by atoms with Gasteiger partial charge in [-0.05, 0) is 51.1 Å². The third-order valence-electron chi connectivity index (χ3n) is 4.55. The molecule has 3 rings (SSSR count). The first-order valence-corrected chi connectivity index (χ1v) is 7.67. The Kier molecular flexibility index (Phi) is 4.05. The lowest BCUT2D eigenvalue weighted by Crippen LogP contribution is -2.34. The molecule has 1 aromatic heterocycles. The number of carboxylic acid groups (broad SMARTS) is 1. The first-order chi connectivity index (χ1) is 9.72. The predicted octanol–water partition coefficient (Wildman–Crippen LogP) is 2.29. The van der Waals surface area contributed by atoms with E-state index >= 15 is 0 Å². The average Bonchev–Trinajstić information content (AvgIpc) is 3.18. The third-order valence-corrected chi connectivity index (χ3v) is 4.55. The summed E-state index contributed by atoms with van der Waals surface area (Å²) in [7, 11) is 0. The Morgan fingerprint density at radius 1 is 1.30 bits per heavy atom. The van der Waals surface area contributed by atoms with Crippen LogP contribution >= 0.6 is 0 Å². The second-order valence-corrected chi connectivity index (χ2v) is 6.18. The first-order valence-electron chi connectivity index (χ1n) is 7.67. The summed E-state index contributed by atoms with van der Waals surface area (Å²) in [6.45, 7) is 3.16. The van der Waals surface area contributed by atoms with E-state index in [1.807, 2.05) is 12.5 Å². The molecule has 1 aromatic rings. The van der Waals surface area contributed by atoms with E-state index in [9.17, 15) is 4.79 Å². The number of aliphatic carboxylic acids is 1. The number of hydrogen-bond acceptors (Lipinski definition) is 3. The summed E-state index contributed by atoms with van der Waals surface area (Å²) in [5.41, 5.74) is 1.33. The molecule has 20 heavy (non-hydrogen) atoms. The number of likely N-dealkylation sites (tertiary alicyclic amines) is 1. The highest BCUT2D eigenvalue weighted by atomic mass is 16.4. The molecule has 1 N–H and O–H groups in total. The van der Waals surface area contributed by atoms with Crippen LogP contribution in [-0.4, -0.2) is 38.6 Å². The van der Waals surface area contributed by atoms with Crippen LogP contribution in [0.5, 0.6) is 0 Å². The van der Waals surface area contributed by atoms with Gasteiger partial charge in [0.1, 0.15) is 0 Å². The number of carboxylic acids is 1. The van der Waals surface area contributed by atoms with Crippen molar-refractivity contribution in [2.75, 3.05) is 13.1 Å². The number of aromatic nitrogens is 2. The first kappa shape index (κ1) is 13.6. The van der Waals surface area contributed by atoms with Crippen molar-refractivity contribution in [1.29, 1.82) is 0 Å². The maximum absolute atomic E-state index is 10.6. The van der Waals surface area contributed by atoms with E-state index in [0.29, 0.717) is 18.4 Å². The van der Waals surface area contributed by atoms with Crippen LogP contribution in [0.25, 0.3) is 0 Å². The van der Waals surface area contributed by atoms with E-state index in [2.05, 4.69) is 14.5 Å². The fourth-order valence-corrected chi connectivity index (χ4v) is 3.13. The van der Waals surface area contributed by atoms with E-state index in [1.54, 1.807) is 0 Å². The fourth-order valence-electron chi connectivity index (χ4n) is 3.13. The van der Waals surface area contributed by atoms with Crippen molar-refractivity contribution >= 4 is 5.97 Å². The monoisotopic (exact) mass is 277 g/mol. The molecule has 2 fully saturated rings.